The van der Waals surface area contributed by atoms with Gasteiger partial charge in [-0.25, -0.2) is 0 Å². The van der Waals surface area contributed by atoms with Crippen molar-refractivity contribution < 1.29 is 49.3 Å². The Morgan fingerprint density at radius 3 is 1.33 bits per heavy atom. The van der Waals surface area contributed by atoms with E-state index in [1.165, 1.54) is 38.5 Å². The molecule has 8 unspecified atom stereocenters. The summed E-state index contributed by atoms with van der Waals surface area (Å²) in [7, 11) is 0. The molecule has 0 spiro atoms. The fourth-order valence-corrected chi connectivity index (χ4v) is 8.56. The molecule has 1 aliphatic heterocycles. The van der Waals surface area contributed by atoms with Crippen LogP contribution >= 0.6 is 0 Å². The molecule has 0 radical (unpaired) electrons. The summed E-state index contributed by atoms with van der Waals surface area (Å²) in [6.07, 6.45) is 71.5. The summed E-state index contributed by atoms with van der Waals surface area (Å²) in [4.78, 5) is 26.5. The number of carbonyl (C=O) groups excluding carboxylic acids is 2. The largest absolute Gasteiger partial charge is 0.454 e. The van der Waals surface area contributed by atoms with Crippen LogP contribution in [0, 0.1) is 0 Å². The van der Waals surface area contributed by atoms with E-state index in [0.717, 1.165) is 116 Å². The van der Waals surface area contributed by atoms with E-state index in [4.69, 9.17) is 14.2 Å². The summed E-state index contributed by atoms with van der Waals surface area (Å²) in [5.41, 5.74) is 0. The Bertz CT molecular complexity index is 1920. The van der Waals surface area contributed by atoms with Crippen molar-refractivity contribution in [2.24, 2.45) is 0 Å². The molecule has 81 heavy (non-hydrogen) atoms. The summed E-state index contributed by atoms with van der Waals surface area (Å²) >= 11 is 0. The SMILES string of the molecule is CC/C=C\C/C=C\C/C=C\C/C=C\C/C=C\C/C=C\CCCCCC(O)C(=O)NC(COC1OC(CO)C(O)C(O)C1OC(=O)CC/C=C\C/C=C\C/C=C\C/C=C\C/C=C\C/C=C\CC)C(O)/C=C/CCCCCCCCCCC. The highest BCUT2D eigenvalue weighted by Gasteiger charge is 2.47. The first kappa shape index (κ1) is 74.3. The number of hydrogen-bond acceptors (Lipinski definition) is 10. The zero-order valence-corrected chi connectivity index (χ0v) is 50.3. The summed E-state index contributed by atoms with van der Waals surface area (Å²) in [5, 5.41) is 56.9. The van der Waals surface area contributed by atoms with Crippen LogP contribution < -0.4 is 5.32 Å². The fraction of sp³-hybridized carbons (Fsp3) is 0.600. The van der Waals surface area contributed by atoms with Crippen molar-refractivity contribution in [2.45, 2.75) is 256 Å². The van der Waals surface area contributed by atoms with Gasteiger partial charge in [0.1, 0.15) is 24.4 Å². The number of aliphatic hydroxyl groups excluding tert-OH is 5. The smallest absolute Gasteiger partial charge is 0.306 e. The lowest BCUT2D eigenvalue weighted by atomic mass is 9.99. The summed E-state index contributed by atoms with van der Waals surface area (Å²) < 4.78 is 17.5. The second kappa shape index (κ2) is 55.8. The van der Waals surface area contributed by atoms with Gasteiger partial charge in [0.15, 0.2) is 12.4 Å². The second-order valence-electron chi connectivity index (χ2n) is 20.7. The Labute approximate surface area is 491 Å². The number of rotatable bonds is 50. The number of aliphatic hydroxyl groups is 5. The molecule has 1 rings (SSSR count). The molecule has 0 saturated carbocycles. The van der Waals surface area contributed by atoms with Crippen molar-refractivity contribution in [1.29, 1.82) is 0 Å². The van der Waals surface area contributed by atoms with Crippen LogP contribution in [-0.4, -0.2) is 99.6 Å². The molecule has 8 atom stereocenters. The molecule has 6 N–H and O–H groups in total. The number of nitrogens with one attached hydrogen (secondary N) is 1. The maximum atomic E-state index is 13.4. The molecular formula is C70H111NO10. The van der Waals surface area contributed by atoms with Crippen molar-refractivity contribution in [3.63, 3.8) is 0 Å². The van der Waals surface area contributed by atoms with Gasteiger partial charge >= 0.3 is 5.97 Å². The topological polar surface area (TPSA) is 175 Å². The van der Waals surface area contributed by atoms with Crippen LogP contribution in [0.3, 0.4) is 0 Å². The predicted octanol–water partition coefficient (Wildman–Crippen LogP) is 15.2. The Morgan fingerprint density at radius 1 is 0.494 bits per heavy atom. The van der Waals surface area contributed by atoms with E-state index >= 15 is 0 Å². The molecule has 1 saturated heterocycles. The van der Waals surface area contributed by atoms with Crippen LogP contribution in [0.1, 0.15) is 207 Å². The molecule has 11 heteroatoms. The maximum absolute atomic E-state index is 13.4. The van der Waals surface area contributed by atoms with Gasteiger partial charge < -0.3 is 45.1 Å². The minimum Gasteiger partial charge on any atom is -0.454 e. The number of unbranched alkanes of at least 4 members (excludes halogenated alkanes) is 12. The van der Waals surface area contributed by atoms with E-state index < -0.39 is 67.4 Å². The number of carbonyl (C=O) groups is 2. The van der Waals surface area contributed by atoms with Gasteiger partial charge in [-0.3, -0.25) is 9.59 Å². The predicted molar refractivity (Wildman–Crippen MR) is 337 cm³/mol. The van der Waals surface area contributed by atoms with E-state index in [9.17, 15) is 35.1 Å². The molecule has 1 amide bonds. The molecule has 11 nitrogen and oxygen atoms in total. The lowest BCUT2D eigenvalue weighted by Crippen LogP contribution is -2.61. The van der Waals surface area contributed by atoms with Crippen LogP contribution in [0.5, 0.6) is 0 Å². The average molecular weight is 1130 g/mol. The number of ether oxygens (including phenoxy) is 3. The van der Waals surface area contributed by atoms with Crippen LogP contribution in [0.15, 0.2) is 158 Å². The fourth-order valence-electron chi connectivity index (χ4n) is 8.56. The normalized spacial score (nSPS) is 19.8. The summed E-state index contributed by atoms with van der Waals surface area (Å²) in [5.74, 6) is -1.33. The summed E-state index contributed by atoms with van der Waals surface area (Å²) in [6, 6.07) is -1.07. The van der Waals surface area contributed by atoms with Gasteiger partial charge in [-0.15, -0.1) is 0 Å². The highest BCUT2D eigenvalue weighted by molar-refractivity contribution is 5.80. The second-order valence-corrected chi connectivity index (χ2v) is 20.7. The van der Waals surface area contributed by atoms with Crippen molar-refractivity contribution in [2.75, 3.05) is 13.2 Å². The zero-order valence-electron chi connectivity index (χ0n) is 50.3. The van der Waals surface area contributed by atoms with Gasteiger partial charge in [0.25, 0.3) is 0 Å². The Hall–Kier alpha value is -4.72. The first-order valence-corrected chi connectivity index (χ1v) is 31.3. The van der Waals surface area contributed by atoms with Crippen molar-refractivity contribution in [3.8, 4) is 0 Å². The van der Waals surface area contributed by atoms with Crippen LogP contribution in [-0.2, 0) is 23.8 Å². The van der Waals surface area contributed by atoms with E-state index in [-0.39, 0.29) is 19.4 Å². The van der Waals surface area contributed by atoms with E-state index in [2.05, 4.69) is 160 Å². The van der Waals surface area contributed by atoms with E-state index in [0.29, 0.717) is 19.3 Å². The standard InChI is InChI=1S/C70H111NO10/c1-4-7-10-13-16-19-22-24-26-28-30-31-32-34-35-37-39-42-45-48-51-54-57-63(74)69(78)71-61(62(73)56-53-50-47-44-41-21-18-15-12-9-6-3)60-79-70-68(67(77)66(76)64(59-72)80-70)81-65(75)58-55-52-49-46-43-40-38-36-33-29-27-25-23-20-17-14-11-8-5-2/h7-8,10-11,16-17,19-20,24-27,30-31,33-36,39-40,42-43,49,52-53,56,61-64,66-68,70,72-74,76-77H,4-6,9,12-15,18,21-23,28-29,32,37-38,41,44-48,50-51,54-55,57-60H2,1-3H3,(H,71,78)/b10-7-,11-8-,19-16-,20-17-,26-24-,27-25-,31-30-,35-34-,36-33-,42-39-,43-40-,52-49-,56-53+. The van der Waals surface area contributed by atoms with Gasteiger partial charge in [0.05, 0.1) is 25.4 Å². The minimum absolute atomic E-state index is 0.0147. The lowest BCUT2D eigenvalue weighted by Gasteiger charge is -2.41. The molecular weight excluding hydrogens is 1010 g/mol. The molecule has 0 aromatic carbocycles. The number of esters is 1. The van der Waals surface area contributed by atoms with Crippen LogP contribution in [0.2, 0.25) is 0 Å². The lowest BCUT2D eigenvalue weighted by molar-refractivity contribution is -0.305. The van der Waals surface area contributed by atoms with Gasteiger partial charge in [0.2, 0.25) is 5.91 Å². The van der Waals surface area contributed by atoms with Gasteiger partial charge in [-0.2, -0.15) is 0 Å². The molecule has 1 aliphatic rings. The maximum Gasteiger partial charge on any atom is 0.306 e. The third-order valence-electron chi connectivity index (χ3n) is 13.4. The average Bonchev–Trinajstić information content (AvgIpc) is 3.52. The first-order chi connectivity index (χ1) is 39.7. The van der Waals surface area contributed by atoms with Crippen molar-refractivity contribution in [3.05, 3.63) is 158 Å². The minimum atomic E-state index is -1.66. The van der Waals surface area contributed by atoms with Crippen molar-refractivity contribution in [1.82, 2.24) is 5.32 Å². The van der Waals surface area contributed by atoms with Gasteiger partial charge in [-0.1, -0.05) is 243 Å². The van der Waals surface area contributed by atoms with Crippen LogP contribution in [0.25, 0.3) is 0 Å². The third kappa shape index (κ3) is 43.6. The highest BCUT2D eigenvalue weighted by atomic mass is 16.7. The van der Waals surface area contributed by atoms with E-state index in [1.54, 1.807) is 6.08 Å². The Balaban J connectivity index is 2.73. The van der Waals surface area contributed by atoms with Gasteiger partial charge in [-0.05, 0) is 116 Å². The molecule has 456 valence electrons. The van der Waals surface area contributed by atoms with Crippen molar-refractivity contribution >= 4 is 11.9 Å². The number of allylic oxidation sites excluding steroid dienone is 25. The number of hydrogen-bond donors (Lipinski definition) is 6. The van der Waals surface area contributed by atoms with E-state index in [1.807, 2.05) is 18.2 Å². The zero-order chi connectivity index (χ0) is 58.9. The van der Waals surface area contributed by atoms with Gasteiger partial charge in [0, 0.05) is 6.42 Å². The third-order valence-corrected chi connectivity index (χ3v) is 13.4. The summed E-state index contributed by atoms with van der Waals surface area (Å²) in [6.45, 7) is 5.47. The highest BCUT2D eigenvalue weighted by Crippen LogP contribution is 2.26. The van der Waals surface area contributed by atoms with Crippen LogP contribution in [0.4, 0.5) is 0 Å². The molecule has 1 fully saturated rings. The molecule has 0 aromatic rings. The number of amides is 1. The molecule has 0 aromatic heterocycles. The first-order valence-electron chi connectivity index (χ1n) is 31.3. The molecule has 0 bridgehead atoms. The monoisotopic (exact) mass is 1130 g/mol. The molecule has 0 aliphatic carbocycles. The Kier molecular flexibility index (Phi) is 51.2. The Morgan fingerprint density at radius 2 is 0.889 bits per heavy atom. The quantitative estimate of drug-likeness (QED) is 0.0195. The molecule has 1 heterocycles.